The number of hydrogen-bond donors (Lipinski definition) is 2. The van der Waals surface area contributed by atoms with Crippen LogP contribution >= 0.6 is 11.3 Å². The topological polar surface area (TPSA) is 110 Å². The van der Waals surface area contributed by atoms with Crippen molar-refractivity contribution in [2.24, 2.45) is 0 Å². The van der Waals surface area contributed by atoms with E-state index in [2.05, 4.69) is 25.8 Å². The van der Waals surface area contributed by atoms with Crippen LogP contribution in [0.25, 0.3) is 0 Å². The highest BCUT2D eigenvalue weighted by Crippen LogP contribution is 2.17. The van der Waals surface area contributed by atoms with Gasteiger partial charge in [-0.25, -0.2) is 4.98 Å². The molecular formula is C16H15N5O3S. The van der Waals surface area contributed by atoms with Crippen LogP contribution in [0.5, 0.6) is 0 Å². The summed E-state index contributed by atoms with van der Waals surface area (Å²) in [6.45, 7) is 1.85. The Morgan fingerprint density at radius 2 is 2.00 bits per heavy atom. The smallest absolute Gasteiger partial charge is 0.257 e. The highest BCUT2D eigenvalue weighted by Gasteiger charge is 2.12. The molecule has 2 amide bonds. The molecule has 0 aliphatic carbocycles. The number of thiazole rings is 1. The van der Waals surface area contributed by atoms with Gasteiger partial charge >= 0.3 is 0 Å². The van der Waals surface area contributed by atoms with Crippen LogP contribution in [0.4, 0.5) is 5.13 Å². The van der Waals surface area contributed by atoms with Crippen molar-refractivity contribution in [3.63, 3.8) is 0 Å². The molecule has 0 bridgehead atoms. The Bertz CT molecular complexity index is 875. The number of carbonyl (C=O) groups is 2. The van der Waals surface area contributed by atoms with Gasteiger partial charge < -0.3 is 9.73 Å². The van der Waals surface area contributed by atoms with E-state index in [1.54, 1.807) is 36.6 Å². The average Bonchev–Trinajstić information content (AvgIpc) is 3.22. The highest BCUT2D eigenvalue weighted by molar-refractivity contribution is 7.14. The molecule has 0 fully saturated rings. The standard InChI is InChI=1S/C16H15N5O3S/c1-10-20-21-14(24-10)8-17-13(22)7-12-9-25-16(18-12)19-15(23)11-5-3-2-4-6-11/h2-6,9H,7-8H2,1H3,(H,17,22)(H,18,19,23). The number of rotatable bonds is 6. The molecule has 1 aromatic carbocycles. The lowest BCUT2D eigenvalue weighted by atomic mass is 10.2. The summed E-state index contributed by atoms with van der Waals surface area (Å²) in [5.41, 5.74) is 1.12. The number of amides is 2. The molecule has 2 aromatic heterocycles. The van der Waals surface area contributed by atoms with Crippen LogP contribution in [0.2, 0.25) is 0 Å². The summed E-state index contributed by atoms with van der Waals surface area (Å²) in [4.78, 5) is 28.2. The molecule has 25 heavy (non-hydrogen) atoms. The Hall–Kier alpha value is -3.07. The summed E-state index contributed by atoms with van der Waals surface area (Å²) in [5.74, 6) is 0.335. The maximum atomic E-state index is 12.1. The molecule has 0 aliphatic heterocycles. The van der Waals surface area contributed by atoms with Gasteiger partial charge in [0.15, 0.2) is 5.13 Å². The molecular weight excluding hydrogens is 342 g/mol. The molecule has 0 saturated heterocycles. The summed E-state index contributed by atoms with van der Waals surface area (Å²) in [5, 5.41) is 15.1. The van der Waals surface area contributed by atoms with Crippen LogP contribution in [0, 0.1) is 6.92 Å². The normalized spacial score (nSPS) is 10.4. The third-order valence-electron chi connectivity index (χ3n) is 3.15. The van der Waals surface area contributed by atoms with Gasteiger partial charge in [0.1, 0.15) is 0 Å². The van der Waals surface area contributed by atoms with Gasteiger partial charge in [-0.2, -0.15) is 0 Å². The van der Waals surface area contributed by atoms with E-state index in [0.717, 1.165) is 0 Å². The predicted molar refractivity (Wildman–Crippen MR) is 91.1 cm³/mol. The number of benzene rings is 1. The highest BCUT2D eigenvalue weighted by atomic mass is 32.1. The van der Waals surface area contributed by atoms with E-state index in [-0.39, 0.29) is 24.8 Å². The van der Waals surface area contributed by atoms with Gasteiger partial charge in [-0.15, -0.1) is 21.5 Å². The van der Waals surface area contributed by atoms with Gasteiger partial charge in [-0.05, 0) is 12.1 Å². The average molecular weight is 357 g/mol. The number of carbonyl (C=O) groups excluding carboxylic acids is 2. The van der Waals surface area contributed by atoms with Crippen molar-refractivity contribution < 1.29 is 14.0 Å². The second-order valence-corrected chi connectivity index (χ2v) is 5.99. The number of aromatic nitrogens is 3. The van der Waals surface area contributed by atoms with Gasteiger partial charge in [-0.1, -0.05) is 18.2 Å². The third-order valence-corrected chi connectivity index (χ3v) is 3.96. The Kier molecular flexibility index (Phi) is 5.14. The number of aryl methyl sites for hydroxylation is 1. The fourth-order valence-electron chi connectivity index (χ4n) is 2.01. The molecule has 2 heterocycles. The van der Waals surface area contributed by atoms with Crippen molar-refractivity contribution in [3.05, 3.63) is 58.8 Å². The van der Waals surface area contributed by atoms with E-state index >= 15 is 0 Å². The van der Waals surface area contributed by atoms with Crippen LogP contribution < -0.4 is 10.6 Å². The Labute approximate surface area is 147 Å². The minimum absolute atomic E-state index is 0.102. The van der Waals surface area contributed by atoms with Crippen LogP contribution in [-0.4, -0.2) is 27.0 Å². The Balaban J connectivity index is 1.51. The first-order chi connectivity index (χ1) is 12.1. The van der Waals surface area contributed by atoms with E-state index in [4.69, 9.17) is 4.42 Å². The summed E-state index contributed by atoms with van der Waals surface area (Å²) in [6, 6.07) is 8.86. The SMILES string of the molecule is Cc1nnc(CNC(=O)Cc2csc(NC(=O)c3ccccc3)n2)o1. The van der Waals surface area contributed by atoms with Crippen LogP contribution in [0.1, 0.15) is 27.8 Å². The number of hydrogen-bond acceptors (Lipinski definition) is 7. The molecule has 0 radical (unpaired) electrons. The number of anilines is 1. The van der Waals surface area contributed by atoms with Crippen LogP contribution in [0.15, 0.2) is 40.1 Å². The zero-order chi connectivity index (χ0) is 17.6. The maximum absolute atomic E-state index is 12.1. The first-order valence-electron chi connectivity index (χ1n) is 7.46. The predicted octanol–water partition coefficient (Wildman–Crippen LogP) is 1.95. The van der Waals surface area contributed by atoms with Crippen molar-refractivity contribution in [1.82, 2.24) is 20.5 Å². The van der Waals surface area contributed by atoms with Gasteiger partial charge in [0.05, 0.1) is 18.7 Å². The lowest BCUT2D eigenvalue weighted by Gasteiger charge is -2.01. The van der Waals surface area contributed by atoms with E-state index in [0.29, 0.717) is 28.2 Å². The van der Waals surface area contributed by atoms with E-state index in [1.165, 1.54) is 11.3 Å². The quantitative estimate of drug-likeness (QED) is 0.698. The van der Waals surface area contributed by atoms with Gasteiger partial charge in [0.2, 0.25) is 17.7 Å². The maximum Gasteiger partial charge on any atom is 0.257 e. The first-order valence-corrected chi connectivity index (χ1v) is 8.34. The largest absolute Gasteiger partial charge is 0.424 e. The zero-order valence-electron chi connectivity index (χ0n) is 13.4. The minimum Gasteiger partial charge on any atom is -0.424 e. The van der Waals surface area contributed by atoms with E-state index in [9.17, 15) is 9.59 Å². The number of nitrogens with one attached hydrogen (secondary N) is 2. The minimum atomic E-state index is -0.238. The molecule has 0 aliphatic rings. The number of nitrogens with zero attached hydrogens (tertiary/aromatic N) is 3. The zero-order valence-corrected chi connectivity index (χ0v) is 14.2. The summed E-state index contributed by atoms with van der Waals surface area (Å²) in [6.07, 6.45) is 0.102. The van der Waals surface area contributed by atoms with Crippen molar-refractivity contribution in [2.45, 2.75) is 19.9 Å². The Morgan fingerprint density at radius 1 is 1.20 bits per heavy atom. The van der Waals surface area contributed by atoms with Crippen LogP contribution in [0.3, 0.4) is 0 Å². The van der Waals surface area contributed by atoms with Gasteiger partial charge in [0.25, 0.3) is 5.91 Å². The van der Waals surface area contributed by atoms with Gasteiger partial charge in [0, 0.05) is 17.9 Å². The fourth-order valence-corrected chi connectivity index (χ4v) is 2.72. The van der Waals surface area contributed by atoms with Gasteiger partial charge in [-0.3, -0.25) is 14.9 Å². The molecule has 2 N–H and O–H groups in total. The molecule has 0 unspecified atom stereocenters. The second-order valence-electron chi connectivity index (χ2n) is 5.13. The van der Waals surface area contributed by atoms with E-state index in [1.807, 2.05) is 6.07 Å². The molecule has 0 saturated carbocycles. The lowest BCUT2D eigenvalue weighted by Crippen LogP contribution is -2.24. The summed E-state index contributed by atoms with van der Waals surface area (Å²) in [7, 11) is 0. The van der Waals surface area contributed by atoms with Crippen molar-refractivity contribution >= 4 is 28.3 Å². The van der Waals surface area contributed by atoms with Crippen molar-refractivity contribution in [1.29, 1.82) is 0 Å². The lowest BCUT2D eigenvalue weighted by molar-refractivity contribution is -0.120. The fraction of sp³-hybridized carbons (Fsp3) is 0.188. The van der Waals surface area contributed by atoms with Crippen molar-refractivity contribution in [2.75, 3.05) is 5.32 Å². The van der Waals surface area contributed by atoms with Crippen LogP contribution in [-0.2, 0) is 17.8 Å². The van der Waals surface area contributed by atoms with E-state index < -0.39 is 0 Å². The molecule has 3 rings (SSSR count). The molecule has 9 heteroatoms. The molecule has 0 spiro atoms. The molecule has 3 aromatic rings. The Morgan fingerprint density at radius 3 is 2.72 bits per heavy atom. The second kappa shape index (κ2) is 7.67. The monoisotopic (exact) mass is 357 g/mol. The first kappa shape index (κ1) is 16.8. The molecule has 128 valence electrons. The van der Waals surface area contributed by atoms with Crippen molar-refractivity contribution in [3.8, 4) is 0 Å². The molecule has 8 nitrogen and oxygen atoms in total. The third kappa shape index (κ3) is 4.70. The molecule has 0 atom stereocenters. The summed E-state index contributed by atoms with van der Waals surface area (Å²) < 4.78 is 5.18. The summed E-state index contributed by atoms with van der Waals surface area (Å²) >= 11 is 1.27.